The molecule has 1 aliphatic heterocycles. The molecule has 0 aromatic rings. The zero-order chi connectivity index (χ0) is 12.7. The summed E-state index contributed by atoms with van der Waals surface area (Å²) in [6.45, 7) is 7.52. The molecule has 16 heavy (non-hydrogen) atoms. The van der Waals surface area contributed by atoms with Gasteiger partial charge in [-0.25, -0.2) is 4.79 Å². The fourth-order valence-electron chi connectivity index (χ4n) is 1.61. The highest BCUT2D eigenvalue weighted by Crippen LogP contribution is 2.35. The topological polar surface area (TPSA) is 83.9 Å². The number of hydrogen-bond acceptors (Lipinski definition) is 4. The Morgan fingerprint density at radius 1 is 1.50 bits per heavy atom. The summed E-state index contributed by atoms with van der Waals surface area (Å²) >= 11 is 0. The summed E-state index contributed by atoms with van der Waals surface area (Å²) in [5, 5.41) is 8.90. The van der Waals surface area contributed by atoms with E-state index >= 15 is 0 Å². The van der Waals surface area contributed by atoms with Crippen molar-refractivity contribution in [2.75, 3.05) is 6.61 Å². The first-order valence-electron chi connectivity index (χ1n) is 4.99. The fraction of sp³-hybridized carbons (Fsp3) is 0.889. The summed E-state index contributed by atoms with van der Waals surface area (Å²) in [6.07, 6.45) is -1.49. The zero-order valence-electron chi connectivity index (χ0n) is 9.80. The molecular weight excluding hydrogens is 234 g/mol. The number of carboxylic acid groups (broad SMARTS) is 1. The number of rotatable bonds is 1. The molecule has 1 rings (SSSR count). The van der Waals surface area contributed by atoms with Crippen LogP contribution in [0.15, 0.2) is 0 Å². The number of nitrogens with zero attached hydrogens (tertiary/aromatic N) is 1. The van der Waals surface area contributed by atoms with Crippen molar-refractivity contribution >= 4 is 16.4 Å². The fourth-order valence-corrected chi connectivity index (χ4v) is 2.80. The predicted molar refractivity (Wildman–Crippen MR) is 57.1 cm³/mol. The molecule has 0 saturated carbocycles. The Kier molecular flexibility index (Phi) is 3.22. The molecule has 1 heterocycles. The molecule has 0 spiro atoms. The lowest BCUT2D eigenvalue weighted by Crippen LogP contribution is -2.45. The molecule has 0 radical (unpaired) electrons. The van der Waals surface area contributed by atoms with Crippen molar-refractivity contribution in [1.82, 2.24) is 4.31 Å². The smallest absolute Gasteiger partial charge is 0.423 e. The molecule has 1 N–H and O–H groups in total. The summed E-state index contributed by atoms with van der Waals surface area (Å²) in [7, 11) is -4.11. The Bertz CT molecular complexity index is 383. The van der Waals surface area contributed by atoms with E-state index in [1.54, 1.807) is 0 Å². The van der Waals surface area contributed by atoms with Gasteiger partial charge in [-0.2, -0.15) is 12.7 Å². The Morgan fingerprint density at radius 3 is 2.38 bits per heavy atom. The SMILES string of the molecule is CC([C@@H]1COS(=O)(=O)N1C(=O)O)C(C)(C)C. The lowest BCUT2D eigenvalue weighted by Gasteiger charge is -2.33. The van der Waals surface area contributed by atoms with Crippen LogP contribution >= 0.6 is 0 Å². The monoisotopic (exact) mass is 251 g/mol. The van der Waals surface area contributed by atoms with Gasteiger partial charge >= 0.3 is 16.4 Å². The normalized spacial score (nSPS) is 26.8. The first-order chi connectivity index (χ1) is 7.07. The lowest BCUT2D eigenvalue weighted by molar-refractivity contribution is 0.121. The van der Waals surface area contributed by atoms with Crippen molar-refractivity contribution in [3.63, 3.8) is 0 Å². The summed E-state index contributed by atoms with van der Waals surface area (Å²) in [4.78, 5) is 10.9. The zero-order valence-corrected chi connectivity index (χ0v) is 10.6. The van der Waals surface area contributed by atoms with Crippen molar-refractivity contribution in [2.24, 2.45) is 11.3 Å². The molecule has 0 aromatic carbocycles. The summed E-state index contributed by atoms with van der Waals surface area (Å²) < 4.78 is 27.7. The Morgan fingerprint density at radius 2 is 2.00 bits per heavy atom. The highest BCUT2D eigenvalue weighted by Gasteiger charge is 2.47. The van der Waals surface area contributed by atoms with Gasteiger partial charge in [-0.3, -0.25) is 4.18 Å². The van der Waals surface area contributed by atoms with Gasteiger partial charge in [0.15, 0.2) is 0 Å². The van der Waals surface area contributed by atoms with E-state index in [0.717, 1.165) is 0 Å². The highest BCUT2D eigenvalue weighted by molar-refractivity contribution is 7.85. The Labute approximate surface area is 95.5 Å². The van der Waals surface area contributed by atoms with Crippen molar-refractivity contribution in [1.29, 1.82) is 0 Å². The second kappa shape index (κ2) is 3.89. The van der Waals surface area contributed by atoms with E-state index in [-0.39, 0.29) is 17.9 Å². The van der Waals surface area contributed by atoms with Crippen LogP contribution in [0.5, 0.6) is 0 Å². The van der Waals surface area contributed by atoms with Crippen LogP contribution in [0.4, 0.5) is 4.79 Å². The van der Waals surface area contributed by atoms with Gasteiger partial charge in [-0.1, -0.05) is 27.7 Å². The second-order valence-electron chi connectivity index (χ2n) is 5.04. The molecule has 0 aliphatic carbocycles. The van der Waals surface area contributed by atoms with Gasteiger partial charge in [-0.15, -0.1) is 0 Å². The Balaban J connectivity index is 3.04. The largest absolute Gasteiger partial charge is 0.464 e. The Hall–Kier alpha value is -0.820. The number of carbonyl (C=O) groups is 1. The minimum atomic E-state index is -4.11. The third kappa shape index (κ3) is 2.30. The summed E-state index contributed by atoms with van der Waals surface area (Å²) in [5.74, 6) is -0.124. The quantitative estimate of drug-likeness (QED) is 0.759. The molecule has 94 valence electrons. The van der Waals surface area contributed by atoms with Crippen LogP contribution in [0.2, 0.25) is 0 Å². The molecule has 6 nitrogen and oxygen atoms in total. The van der Waals surface area contributed by atoms with Crippen LogP contribution in [-0.4, -0.2) is 36.6 Å². The standard InChI is InChI=1S/C9H17NO5S/c1-6(9(2,3)4)7-5-15-16(13,14)10(7)8(11)12/h6-7H,5H2,1-4H3,(H,11,12)/t6?,7-/m0/s1. The number of amides is 1. The minimum absolute atomic E-state index is 0.104. The first kappa shape index (κ1) is 13.2. The molecular formula is C9H17NO5S. The maximum absolute atomic E-state index is 11.4. The molecule has 0 bridgehead atoms. The van der Waals surface area contributed by atoms with Gasteiger partial charge in [0.2, 0.25) is 0 Å². The third-order valence-electron chi connectivity index (χ3n) is 3.06. The van der Waals surface area contributed by atoms with Crippen molar-refractivity contribution in [3.8, 4) is 0 Å². The van der Waals surface area contributed by atoms with Crippen LogP contribution in [-0.2, 0) is 14.5 Å². The van der Waals surface area contributed by atoms with E-state index in [1.165, 1.54) is 0 Å². The molecule has 1 fully saturated rings. The van der Waals surface area contributed by atoms with Gasteiger partial charge in [0, 0.05) is 0 Å². The van der Waals surface area contributed by atoms with Crippen LogP contribution in [0.3, 0.4) is 0 Å². The van der Waals surface area contributed by atoms with Crippen molar-refractivity contribution in [2.45, 2.75) is 33.7 Å². The molecule has 7 heteroatoms. The van der Waals surface area contributed by atoms with Gasteiger partial charge in [0.25, 0.3) is 0 Å². The minimum Gasteiger partial charge on any atom is -0.464 e. The third-order valence-corrected chi connectivity index (χ3v) is 4.40. The summed E-state index contributed by atoms with van der Waals surface area (Å²) in [5.41, 5.74) is -0.193. The molecule has 0 aromatic heterocycles. The van der Waals surface area contributed by atoms with Crippen LogP contribution in [0.1, 0.15) is 27.7 Å². The van der Waals surface area contributed by atoms with E-state index < -0.39 is 22.4 Å². The summed E-state index contributed by atoms with van der Waals surface area (Å²) in [6, 6.07) is -0.650. The van der Waals surface area contributed by atoms with E-state index in [2.05, 4.69) is 4.18 Å². The molecule has 1 unspecified atom stereocenters. The lowest BCUT2D eigenvalue weighted by atomic mass is 9.78. The molecule has 2 atom stereocenters. The van der Waals surface area contributed by atoms with Crippen LogP contribution in [0.25, 0.3) is 0 Å². The number of hydrogen-bond donors (Lipinski definition) is 1. The van der Waals surface area contributed by atoms with Gasteiger partial charge in [0.1, 0.15) is 0 Å². The van der Waals surface area contributed by atoms with Gasteiger partial charge < -0.3 is 5.11 Å². The van der Waals surface area contributed by atoms with E-state index in [1.807, 2.05) is 27.7 Å². The molecule has 1 amide bonds. The van der Waals surface area contributed by atoms with E-state index in [9.17, 15) is 13.2 Å². The van der Waals surface area contributed by atoms with Crippen LogP contribution < -0.4 is 0 Å². The first-order valence-corrected chi connectivity index (χ1v) is 6.35. The maximum Gasteiger partial charge on any atom is 0.423 e. The highest BCUT2D eigenvalue weighted by atomic mass is 32.2. The predicted octanol–water partition coefficient (Wildman–Crippen LogP) is 1.29. The van der Waals surface area contributed by atoms with Gasteiger partial charge in [-0.05, 0) is 11.3 Å². The average Bonchev–Trinajstić information content (AvgIpc) is 2.37. The second-order valence-corrected chi connectivity index (χ2v) is 6.53. The van der Waals surface area contributed by atoms with Crippen molar-refractivity contribution < 1.29 is 22.5 Å². The van der Waals surface area contributed by atoms with Crippen molar-refractivity contribution in [3.05, 3.63) is 0 Å². The van der Waals surface area contributed by atoms with Crippen LogP contribution in [0, 0.1) is 11.3 Å². The average molecular weight is 251 g/mol. The maximum atomic E-state index is 11.4. The van der Waals surface area contributed by atoms with Gasteiger partial charge in [0.05, 0.1) is 12.6 Å². The molecule has 1 aliphatic rings. The van der Waals surface area contributed by atoms with E-state index in [4.69, 9.17) is 5.11 Å². The molecule has 1 saturated heterocycles. The van der Waals surface area contributed by atoms with E-state index in [0.29, 0.717) is 4.31 Å².